The fraction of sp³-hybridized carbons (Fsp3) is 0.250. The minimum absolute atomic E-state index is 0.0321. The van der Waals surface area contributed by atoms with Crippen molar-refractivity contribution in [2.45, 2.75) is 38.8 Å². The lowest BCUT2D eigenvalue weighted by molar-refractivity contribution is 0.173. The topological polar surface area (TPSA) is 107 Å². The van der Waals surface area contributed by atoms with Gasteiger partial charge in [-0.05, 0) is 61.7 Å². The normalized spacial score (nSPS) is 14.0. The van der Waals surface area contributed by atoms with Crippen molar-refractivity contribution in [2.75, 3.05) is 13.6 Å². The average molecular weight is 535 g/mol. The predicted octanol–water partition coefficient (Wildman–Crippen LogP) is 4.30. The van der Waals surface area contributed by atoms with Gasteiger partial charge in [0.05, 0.1) is 10.4 Å². The molecular formula is C28H26N2O7S. The fourth-order valence-electron chi connectivity index (χ4n) is 5.12. The summed E-state index contributed by atoms with van der Waals surface area (Å²) >= 11 is 0. The van der Waals surface area contributed by atoms with Crippen LogP contribution in [0.4, 0.5) is 0 Å². The van der Waals surface area contributed by atoms with Crippen LogP contribution in [0.15, 0.2) is 58.2 Å². The number of ether oxygens (including phenoxy) is 4. The summed E-state index contributed by atoms with van der Waals surface area (Å²) in [5.41, 5.74) is 3.50. The fourth-order valence-corrected chi connectivity index (χ4v) is 6.94. The third kappa shape index (κ3) is 4.25. The van der Waals surface area contributed by atoms with Crippen LogP contribution in [0.3, 0.4) is 0 Å². The monoisotopic (exact) mass is 534 g/mol. The maximum Gasteiger partial charge on any atom is 0.252 e. The third-order valence-corrected chi connectivity index (χ3v) is 8.86. The quantitative estimate of drug-likeness (QED) is 0.393. The largest absolute Gasteiger partial charge is 0.454 e. The molecule has 0 aliphatic carbocycles. The van der Waals surface area contributed by atoms with E-state index in [9.17, 15) is 13.2 Å². The molecule has 3 aromatic carbocycles. The number of pyridine rings is 1. The van der Waals surface area contributed by atoms with E-state index in [2.05, 4.69) is 4.98 Å². The van der Waals surface area contributed by atoms with E-state index in [1.807, 2.05) is 19.1 Å². The number of sulfonamides is 1. The second kappa shape index (κ2) is 9.07. The number of fused-ring (bicyclic) bond motifs is 3. The number of rotatable bonds is 6. The van der Waals surface area contributed by atoms with Gasteiger partial charge in [0, 0.05) is 30.1 Å². The zero-order valence-corrected chi connectivity index (χ0v) is 22.0. The summed E-state index contributed by atoms with van der Waals surface area (Å²) < 4.78 is 51.5. The van der Waals surface area contributed by atoms with Crippen LogP contribution in [-0.4, -0.2) is 31.3 Å². The number of aromatic nitrogens is 1. The lowest BCUT2D eigenvalue weighted by Gasteiger charge is -2.25. The van der Waals surface area contributed by atoms with Gasteiger partial charge in [-0.25, -0.2) is 8.42 Å². The number of hydrogen-bond acceptors (Lipinski definition) is 7. The van der Waals surface area contributed by atoms with E-state index in [0.29, 0.717) is 56.2 Å². The van der Waals surface area contributed by atoms with E-state index in [4.69, 9.17) is 18.9 Å². The molecule has 6 rings (SSSR count). The lowest BCUT2D eigenvalue weighted by Crippen LogP contribution is -2.33. The van der Waals surface area contributed by atoms with Gasteiger partial charge in [0.25, 0.3) is 5.56 Å². The van der Waals surface area contributed by atoms with Crippen LogP contribution < -0.4 is 24.5 Å². The molecule has 9 nitrogen and oxygen atoms in total. The van der Waals surface area contributed by atoms with Crippen molar-refractivity contribution in [1.82, 2.24) is 9.29 Å². The Balaban J connectivity index is 1.44. The highest BCUT2D eigenvalue weighted by molar-refractivity contribution is 7.89. The van der Waals surface area contributed by atoms with Crippen LogP contribution in [0.1, 0.15) is 27.8 Å². The van der Waals surface area contributed by atoms with Gasteiger partial charge < -0.3 is 23.9 Å². The molecule has 0 atom stereocenters. The van der Waals surface area contributed by atoms with Crippen molar-refractivity contribution in [1.29, 1.82) is 0 Å². The number of nitrogens with one attached hydrogen (secondary N) is 1. The second-order valence-electron chi connectivity index (χ2n) is 9.60. The zero-order valence-electron chi connectivity index (χ0n) is 21.2. The first-order valence-electron chi connectivity index (χ1n) is 12.1. The van der Waals surface area contributed by atoms with Gasteiger partial charge in [0.15, 0.2) is 23.0 Å². The highest BCUT2D eigenvalue weighted by Crippen LogP contribution is 2.36. The predicted molar refractivity (Wildman–Crippen MR) is 140 cm³/mol. The molecule has 196 valence electrons. The van der Waals surface area contributed by atoms with Crippen LogP contribution in [0.25, 0.3) is 10.9 Å². The molecule has 10 heteroatoms. The Morgan fingerprint density at radius 3 is 2.13 bits per heavy atom. The van der Waals surface area contributed by atoms with Crippen LogP contribution in [0, 0.1) is 20.8 Å². The standard InChI is InChI=1S/C28H26N2O7S/c1-16-6-17(2)27(18(3)7-16)38(32,33)30(12-19-4-5-23-24(8-19)35-14-34-23)13-21-9-20-10-25-26(37-15-36-25)11-22(20)29-28(21)31/h4-11H,12-15H2,1-3H3,(H,29,31). The number of hydrogen-bond donors (Lipinski definition) is 1. The molecule has 0 saturated carbocycles. The van der Waals surface area contributed by atoms with E-state index in [0.717, 1.165) is 5.56 Å². The number of benzene rings is 3. The molecule has 2 aliphatic rings. The minimum atomic E-state index is -4.01. The van der Waals surface area contributed by atoms with Gasteiger partial charge in [-0.3, -0.25) is 4.79 Å². The van der Waals surface area contributed by atoms with Gasteiger partial charge in [-0.15, -0.1) is 0 Å². The van der Waals surface area contributed by atoms with E-state index < -0.39 is 10.0 Å². The van der Waals surface area contributed by atoms with Crippen LogP contribution >= 0.6 is 0 Å². The van der Waals surface area contributed by atoms with E-state index in [-0.39, 0.29) is 37.1 Å². The lowest BCUT2D eigenvalue weighted by atomic mass is 10.1. The smallest absolute Gasteiger partial charge is 0.252 e. The molecule has 0 fully saturated rings. The third-order valence-electron chi connectivity index (χ3n) is 6.76. The highest BCUT2D eigenvalue weighted by Gasteiger charge is 2.30. The Labute approximate surface area is 219 Å². The molecule has 1 aromatic heterocycles. The summed E-state index contributed by atoms with van der Waals surface area (Å²) in [6, 6.07) is 14.2. The Morgan fingerprint density at radius 2 is 1.42 bits per heavy atom. The van der Waals surface area contributed by atoms with E-state index >= 15 is 0 Å². The molecule has 0 amide bonds. The molecule has 0 bridgehead atoms. The molecule has 0 unspecified atom stereocenters. The second-order valence-corrected chi connectivity index (χ2v) is 11.5. The molecule has 3 heterocycles. The molecule has 38 heavy (non-hydrogen) atoms. The highest BCUT2D eigenvalue weighted by atomic mass is 32.2. The average Bonchev–Trinajstić information content (AvgIpc) is 3.50. The van der Waals surface area contributed by atoms with Crippen LogP contribution in [-0.2, 0) is 23.1 Å². The van der Waals surface area contributed by atoms with E-state index in [1.165, 1.54) is 4.31 Å². The zero-order chi connectivity index (χ0) is 26.6. The Kier molecular flexibility index (Phi) is 5.81. The number of H-pyrrole nitrogens is 1. The van der Waals surface area contributed by atoms with Gasteiger partial charge in [-0.2, -0.15) is 4.31 Å². The first-order valence-corrected chi connectivity index (χ1v) is 13.5. The Morgan fingerprint density at radius 1 is 0.789 bits per heavy atom. The van der Waals surface area contributed by atoms with E-state index in [1.54, 1.807) is 50.2 Å². The van der Waals surface area contributed by atoms with Gasteiger partial charge in [-0.1, -0.05) is 23.8 Å². The number of aryl methyl sites for hydroxylation is 3. The maximum absolute atomic E-state index is 14.2. The molecule has 0 radical (unpaired) electrons. The Bertz CT molecular complexity index is 1740. The van der Waals surface area contributed by atoms with Crippen LogP contribution in [0.5, 0.6) is 23.0 Å². The minimum Gasteiger partial charge on any atom is -0.454 e. The van der Waals surface area contributed by atoms with Gasteiger partial charge in [0.1, 0.15) is 0 Å². The maximum atomic E-state index is 14.2. The molecule has 1 N–H and O–H groups in total. The summed E-state index contributed by atoms with van der Waals surface area (Å²) in [5.74, 6) is 2.30. The van der Waals surface area contributed by atoms with Crippen molar-refractivity contribution in [3.05, 3.63) is 86.7 Å². The molecular weight excluding hydrogens is 508 g/mol. The SMILES string of the molecule is Cc1cc(C)c(S(=O)(=O)N(Cc2ccc3c(c2)OCO3)Cc2cc3cc4c(cc3[nH]c2=O)OCO4)c(C)c1. The summed E-state index contributed by atoms with van der Waals surface area (Å²) in [6.45, 7) is 5.63. The van der Waals surface area contributed by atoms with Crippen molar-refractivity contribution < 1.29 is 27.4 Å². The van der Waals surface area contributed by atoms with Crippen LogP contribution in [0.2, 0.25) is 0 Å². The molecule has 4 aromatic rings. The summed E-state index contributed by atoms with van der Waals surface area (Å²) in [6.07, 6.45) is 0. The first kappa shape index (κ1) is 24.3. The number of nitrogens with zero attached hydrogens (tertiary/aromatic N) is 1. The molecule has 2 aliphatic heterocycles. The van der Waals surface area contributed by atoms with Crippen molar-refractivity contribution in [2.24, 2.45) is 0 Å². The van der Waals surface area contributed by atoms with Gasteiger partial charge >= 0.3 is 0 Å². The number of aromatic amines is 1. The van der Waals surface area contributed by atoms with Crippen molar-refractivity contribution in [3.63, 3.8) is 0 Å². The van der Waals surface area contributed by atoms with Crippen molar-refractivity contribution in [3.8, 4) is 23.0 Å². The summed E-state index contributed by atoms with van der Waals surface area (Å²) in [4.78, 5) is 16.2. The Hall–Kier alpha value is -4.02. The molecule has 0 saturated heterocycles. The van der Waals surface area contributed by atoms with Crippen molar-refractivity contribution >= 4 is 20.9 Å². The summed E-state index contributed by atoms with van der Waals surface area (Å²) in [7, 11) is -4.01. The van der Waals surface area contributed by atoms with Gasteiger partial charge in [0.2, 0.25) is 23.6 Å². The first-order chi connectivity index (χ1) is 18.2. The summed E-state index contributed by atoms with van der Waals surface area (Å²) in [5, 5.41) is 0.715. The molecule has 0 spiro atoms.